The maximum absolute atomic E-state index is 12.8. The van der Waals surface area contributed by atoms with Gasteiger partial charge in [-0.25, -0.2) is 0 Å². The van der Waals surface area contributed by atoms with E-state index in [0.717, 1.165) is 89.9 Å². The lowest BCUT2D eigenvalue weighted by Gasteiger charge is -2.18. The molecule has 0 aromatic rings. The molecule has 0 rings (SSSR count). The van der Waals surface area contributed by atoms with Crippen LogP contribution in [0.25, 0.3) is 0 Å². The van der Waals surface area contributed by atoms with Crippen molar-refractivity contribution < 1.29 is 28.6 Å². The van der Waals surface area contributed by atoms with Crippen molar-refractivity contribution in [3.63, 3.8) is 0 Å². The van der Waals surface area contributed by atoms with E-state index in [9.17, 15) is 14.4 Å². The van der Waals surface area contributed by atoms with Crippen LogP contribution in [0.1, 0.15) is 220 Å². The van der Waals surface area contributed by atoms with Crippen molar-refractivity contribution in [2.24, 2.45) is 0 Å². The summed E-state index contributed by atoms with van der Waals surface area (Å²) in [7, 11) is 0. The highest BCUT2D eigenvalue weighted by molar-refractivity contribution is 5.71. The minimum atomic E-state index is -0.816. The Balaban J connectivity index is 4.52. The Bertz CT molecular complexity index is 1190. The van der Waals surface area contributed by atoms with Gasteiger partial charge in [-0.15, -0.1) is 0 Å². The van der Waals surface area contributed by atoms with Crippen molar-refractivity contribution in [2.45, 2.75) is 226 Å². The van der Waals surface area contributed by atoms with E-state index in [2.05, 4.69) is 75.5 Å². The van der Waals surface area contributed by atoms with Gasteiger partial charge in [0.2, 0.25) is 0 Å². The van der Waals surface area contributed by atoms with Crippen LogP contribution in [0.4, 0.5) is 0 Å². The van der Waals surface area contributed by atoms with Gasteiger partial charge in [0.15, 0.2) is 6.10 Å². The second kappa shape index (κ2) is 48.3. The number of carbonyl (C=O) groups excluding carboxylic acids is 3. The van der Waals surface area contributed by atoms with Crippen molar-refractivity contribution in [3.05, 3.63) is 85.1 Å². The minimum Gasteiger partial charge on any atom is -0.462 e. The number of hydrogen-bond acceptors (Lipinski definition) is 6. The summed E-state index contributed by atoms with van der Waals surface area (Å²) in [5.41, 5.74) is 0. The molecule has 1 atom stereocenters. The number of hydrogen-bond donors (Lipinski definition) is 0. The fourth-order valence-electron chi connectivity index (χ4n) is 6.50. The van der Waals surface area contributed by atoms with Crippen LogP contribution < -0.4 is 0 Å². The van der Waals surface area contributed by atoms with Gasteiger partial charge in [0.05, 0.1) is 0 Å². The van der Waals surface area contributed by atoms with E-state index in [1.54, 1.807) is 0 Å². The molecule has 0 aliphatic carbocycles. The number of esters is 3. The first-order valence-corrected chi connectivity index (χ1v) is 24.6. The Labute approximate surface area is 369 Å². The number of carbonyl (C=O) groups is 3. The van der Waals surface area contributed by atoms with Gasteiger partial charge in [-0.2, -0.15) is 0 Å². The second-order valence-corrected chi connectivity index (χ2v) is 16.1. The zero-order valence-electron chi connectivity index (χ0n) is 38.9. The molecule has 0 bridgehead atoms. The molecule has 0 aliphatic heterocycles. The van der Waals surface area contributed by atoms with Gasteiger partial charge >= 0.3 is 17.9 Å². The van der Waals surface area contributed by atoms with Gasteiger partial charge in [0.25, 0.3) is 0 Å². The van der Waals surface area contributed by atoms with Crippen molar-refractivity contribution in [2.75, 3.05) is 13.2 Å². The highest BCUT2D eigenvalue weighted by Crippen LogP contribution is 2.13. The van der Waals surface area contributed by atoms with E-state index in [1.807, 2.05) is 30.4 Å². The lowest BCUT2D eigenvalue weighted by Crippen LogP contribution is -2.30. The molecule has 0 aromatic carbocycles. The maximum Gasteiger partial charge on any atom is 0.306 e. The van der Waals surface area contributed by atoms with Gasteiger partial charge in [-0.1, -0.05) is 202 Å². The molecule has 342 valence electrons. The van der Waals surface area contributed by atoms with Crippen LogP contribution in [0.5, 0.6) is 0 Å². The SMILES string of the molecule is CC/C=C/C=C/C=C/C=C/CCCCCCCC(=O)OCC(COC(=O)CC/C=C/C/C=C/CCCCCCCC)OC(=O)CCCCC/C=C/CCCCCCCCC. The number of allylic oxidation sites excluding steroid dienone is 14. The molecular formula is C54H90O6. The molecule has 0 radical (unpaired) electrons. The summed E-state index contributed by atoms with van der Waals surface area (Å²) >= 11 is 0. The third-order valence-electron chi connectivity index (χ3n) is 10.2. The van der Waals surface area contributed by atoms with Crippen LogP contribution >= 0.6 is 0 Å². The Morgan fingerprint density at radius 1 is 0.367 bits per heavy atom. The first-order valence-electron chi connectivity index (χ1n) is 24.6. The van der Waals surface area contributed by atoms with Crippen molar-refractivity contribution in [1.29, 1.82) is 0 Å². The van der Waals surface area contributed by atoms with E-state index in [-0.39, 0.29) is 37.5 Å². The Kier molecular flexibility index (Phi) is 45.5. The Morgan fingerprint density at radius 2 is 0.750 bits per heavy atom. The number of ether oxygens (including phenoxy) is 3. The van der Waals surface area contributed by atoms with Gasteiger partial charge in [-0.3, -0.25) is 14.4 Å². The largest absolute Gasteiger partial charge is 0.462 e. The van der Waals surface area contributed by atoms with Gasteiger partial charge < -0.3 is 14.2 Å². The highest BCUT2D eigenvalue weighted by atomic mass is 16.6. The van der Waals surface area contributed by atoms with E-state index >= 15 is 0 Å². The van der Waals surface area contributed by atoms with Crippen LogP contribution in [0.3, 0.4) is 0 Å². The van der Waals surface area contributed by atoms with E-state index < -0.39 is 6.10 Å². The zero-order chi connectivity index (χ0) is 43.7. The lowest BCUT2D eigenvalue weighted by atomic mass is 10.1. The zero-order valence-corrected chi connectivity index (χ0v) is 38.9. The normalized spacial score (nSPS) is 12.8. The molecular weight excluding hydrogens is 745 g/mol. The molecule has 0 aromatic heterocycles. The summed E-state index contributed by atoms with van der Waals surface area (Å²) in [5, 5.41) is 0. The predicted molar refractivity (Wildman–Crippen MR) is 256 cm³/mol. The van der Waals surface area contributed by atoms with Gasteiger partial charge in [0.1, 0.15) is 13.2 Å². The summed E-state index contributed by atoms with van der Waals surface area (Å²) in [5.74, 6) is -1.02. The molecule has 0 amide bonds. The molecule has 6 nitrogen and oxygen atoms in total. The van der Waals surface area contributed by atoms with Gasteiger partial charge in [-0.05, 0) is 83.5 Å². The lowest BCUT2D eigenvalue weighted by molar-refractivity contribution is -0.166. The Morgan fingerprint density at radius 3 is 1.28 bits per heavy atom. The molecule has 0 saturated heterocycles. The molecule has 0 aliphatic rings. The molecule has 60 heavy (non-hydrogen) atoms. The molecule has 0 spiro atoms. The summed E-state index contributed by atoms with van der Waals surface area (Å²) in [6.07, 6.45) is 61.5. The highest BCUT2D eigenvalue weighted by Gasteiger charge is 2.19. The van der Waals surface area contributed by atoms with Crippen LogP contribution in [0.2, 0.25) is 0 Å². The standard InChI is InChI=1S/C54H90O6/c1-4-7-10-13-16-19-22-25-27-30-32-35-38-41-44-47-53(56)59-50-51(49-58-52(55)46-43-40-37-34-31-28-24-21-18-15-12-9-6-3)60-54(57)48-45-42-39-36-33-29-26-23-20-17-14-11-8-5-2/h7,10,13,16,19,22,25,27-29,31,33,37,40,51H,4-6,8-9,11-12,14-15,17-18,20-21,23-24,26,30,32,34-36,38-39,41-50H2,1-3H3/b10-7+,16-13+,22-19+,27-25+,31-28+,33-29+,40-37+. The predicted octanol–water partition coefficient (Wildman–Crippen LogP) is 16.0. The molecule has 6 heteroatoms. The number of unbranched alkanes of at least 4 members (excludes halogenated alkanes) is 21. The second-order valence-electron chi connectivity index (χ2n) is 16.1. The molecule has 0 heterocycles. The van der Waals surface area contributed by atoms with Crippen LogP contribution in [-0.4, -0.2) is 37.2 Å². The fourth-order valence-corrected chi connectivity index (χ4v) is 6.50. The van der Waals surface area contributed by atoms with E-state index in [1.165, 1.54) is 83.5 Å². The fraction of sp³-hybridized carbons (Fsp3) is 0.685. The van der Waals surface area contributed by atoms with Crippen LogP contribution in [-0.2, 0) is 28.6 Å². The first kappa shape index (κ1) is 56.6. The van der Waals surface area contributed by atoms with E-state index in [0.29, 0.717) is 19.3 Å². The number of rotatable bonds is 43. The smallest absolute Gasteiger partial charge is 0.306 e. The summed E-state index contributed by atoms with van der Waals surface area (Å²) in [4.78, 5) is 37.8. The minimum absolute atomic E-state index is 0.113. The summed E-state index contributed by atoms with van der Waals surface area (Å²) in [6, 6.07) is 0. The van der Waals surface area contributed by atoms with Crippen LogP contribution in [0, 0.1) is 0 Å². The average Bonchev–Trinajstić information content (AvgIpc) is 3.24. The van der Waals surface area contributed by atoms with Crippen molar-refractivity contribution in [1.82, 2.24) is 0 Å². The first-order chi connectivity index (χ1) is 29.5. The van der Waals surface area contributed by atoms with E-state index in [4.69, 9.17) is 14.2 Å². The average molecular weight is 835 g/mol. The third-order valence-corrected chi connectivity index (χ3v) is 10.2. The quantitative estimate of drug-likeness (QED) is 0.0200. The van der Waals surface area contributed by atoms with Crippen molar-refractivity contribution in [3.8, 4) is 0 Å². The summed E-state index contributed by atoms with van der Waals surface area (Å²) < 4.78 is 16.7. The topological polar surface area (TPSA) is 78.9 Å². The van der Waals surface area contributed by atoms with Crippen LogP contribution in [0.15, 0.2) is 85.1 Å². The Hall–Kier alpha value is -3.41. The van der Waals surface area contributed by atoms with Crippen molar-refractivity contribution >= 4 is 17.9 Å². The molecule has 0 saturated carbocycles. The summed E-state index contributed by atoms with van der Waals surface area (Å²) in [6.45, 7) is 6.39. The molecule has 0 fully saturated rings. The molecule has 0 N–H and O–H groups in total. The third kappa shape index (κ3) is 45.7. The molecule has 1 unspecified atom stereocenters. The van der Waals surface area contributed by atoms with Gasteiger partial charge in [0, 0.05) is 19.3 Å². The monoisotopic (exact) mass is 835 g/mol. The maximum atomic E-state index is 12.8.